The number of fused-ring (bicyclic) bond motifs is 1. The van der Waals surface area contributed by atoms with Crippen LogP contribution in [0.25, 0.3) is 6.08 Å². The van der Waals surface area contributed by atoms with Crippen molar-refractivity contribution in [3.8, 4) is 5.75 Å². The Morgan fingerprint density at radius 1 is 0.871 bits per heavy atom. The van der Waals surface area contributed by atoms with Crippen LogP contribution in [0.4, 0.5) is 5.69 Å². The number of anilines is 1. The normalized spacial score (nSPS) is 12.5. The van der Waals surface area contributed by atoms with Gasteiger partial charge in [0.2, 0.25) is 0 Å². The van der Waals surface area contributed by atoms with Crippen LogP contribution in [0.1, 0.15) is 37.4 Å². The van der Waals surface area contributed by atoms with Crippen molar-refractivity contribution < 1.29 is 19.1 Å². The van der Waals surface area contributed by atoms with Crippen molar-refractivity contribution in [1.29, 1.82) is 0 Å². The topological polar surface area (TPSA) is 72.5 Å². The quantitative estimate of drug-likeness (QED) is 0.484. The lowest BCUT2D eigenvalue weighted by Crippen LogP contribution is -2.20. The van der Waals surface area contributed by atoms with E-state index in [2.05, 4.69) is 5.32 Å². The van der Waals surface area contributed by atoms with Gasteiger partial charge in [-0.15, -0.1) is 0 Å². The van der Waals surface area contributed by atoms with Gasteiger partial charge in [-0.2, -0.15) is 0 Å². The number of carbonyl (C=O) groups excluding carboxylic acids is 3. The van der Waals surface area contributed by atoms with Gasteiger partial charge in [0.1, 0.15) is 5.75 Å². The second kappa shape index (κ2) is 8.40. The summed E-state index contributed by atoms with van der Waals surface area (Å²) in [7, 11) is 0. The molecule has 0 bridgehead atoms. The molecule has 0 atom stereocenters. The molecule has 1 aliphatic carbocycles. The number of hydrogen-bond donors (Lipinski definition) is 1. The van der Waals surface area contributed by atoms with Crippen LogP contribution in [0, 0.1) is 13.8 Å². The van der Waals surface area contributed by atoms with Gasteiger partial charge >= 0.3 is 0 Å². The van der Waals surface area contributed by atoms with E-state index < -0.39 is 0 Å². The van der Waals surface area contributed by atoms with Gasteiger partial charge in [-0.3, -0.25) is 14.4 Å². The van der Waals surface area contributed by atoms with Gasteiger partial charge in [0, 0.05) is 22.4 Å². The number of nitrogens with one attached hydrogen (secondary N) is 1. The molecule has 0 fully saturated rings. The first-order chi connectivity index (χ1) is 14.9. The van der Waals surface area contributed by atoms with Gasteiger partial charge in [0.25, 0.3) is 5.91 Å². The van der Waals surface area contributed by atoms with Gasteiger partial charge < -0.3 is 10.1 Å². The first-order valence-corrected chi connectivity index (χ1v) is 9.93. The molecule has 5 nitrogen and oxygen atoms in total. The molecule has 1 amide bonds. The minimum atomic E-state index is -0.303. The minimum absolute atomic E-state index is 0.0943. The molecule has 0 aromatic heterocycles. The second-order valence-electron chi connectivity index (χ2n) is 7.44. The van der Waals surface area contributed by atoms with E-state index in [4.69, 9.17) is 4.74 Å². The molecule has 0 aliphatic heterocycles. The zero-order valence-electron chi connectivity index (χ0n) is 17.3. The molecular formula is C26H21NO4. The Balaban J connectivity index is 1.50. The third-order valence-electron chi connectivity index (χ3n) is 5.27. The predicted molar refractivity (Wildman–Crippen MR) is 120 cm³/mol. The summed E-state index contributed by atoms with van der Waals surface area (Å²) in [6, 6.07) is 19.5. The highest BCUT2D eigenvalue weighted by atomic mass is 16.5. The van der Waals surface area contributed by atoms with Crippen molar-refractivity contribution in [2.75, 3.05) is 11.9 Å². The van der Waals surface area contributed by atoms with Crippen LogP contribution in [0.5, 0.6) is 5.75 Å². The molecule has 0 heterocycles. The lowest BCUT2D eigenvalue weighted by atomic mass is 10.1. The standard InChI is InChI=1S/C26H21NO4/c1-16-11-12-19(13-17(16)2)27-24(28)15-31-23-10-6-3-7-18(23)14-22-25(29)20-8-4-5-9-21(20)26(22)30/h3-14H,15H2,1-2H3,(H,27,28). The Morgan fingerprint density at radius 3 is 2.19 bits per heavy atom. The second-order valence-corrected chi connectivity index (χ2v) is 7.44. The van der Waals surface area contributed by atoms with Crippen LogP contribution in [0.3, 0.4) is 0 Å². The van der Waals surface area contributed by atoms with E-state index in [9.17, 15) is 14.4 Å². The van der Waals surface area contributed by atoms with Crippen molar-refractivity contribution in [1.82, 2.24) is 0 Å². The van der Waals surface area contributed by atoms with Gasteiger partial charge in [0.15, 0.2) is 18.2 Å². The highest BCUT2D eigenvalue weighted by Gasteiger charge is 2.32. The summed E-state index contributed by atoms with van der Waals surface area (Å²) in [4.78, 5) is 37.6. The van der Waals surface area contributed by atoms with E-state index in [1.807, 2.05) is 32.0 Å². The molecule has 0 radical (unpaired) electrons. The smallest absolute Gasteiger partial charge is 0.262 e. The third-order valence-corrected chi connectivity index (χ3v) is 5.27. The molecule has 3 aromatic carbocycles. The molecule has 0 spiro atoms. The fourth-order valence-corrected chi connectivity index (χ4v) is 3.45. The summed E-state index contributed by atoms with van der Waals surface area (Å²) in [5.74, 6) is -0.487. The van der Waals surface area contributed by atoms with Crippen molar-refractivity contribution in [2.24, 2.45) is 0 Å². The average Bonchev–Trinajstić information content (AvgIpc) is 3.01. The summed E-state index contributed by atoms with van der Waals surface area (Å²) in [5, 5.41) is 2.81. The van der Waals surface area contributed by atoms with E-state index in [1.54, 1.807) is 48.5 Å². The molecule has 154 valence electrons. The Kier molecular flexibility index (Phi) is 5.50. The number of ether oxygens (including phenoxy) is 1. The molecule has 1 N–H and O–H groups in total. The summed E-state index contributed by atoms with van der Waals surface area (Å²) in [5.41, 5.74) is 4.40. The zero-order valence-corrected chi connectivity index (χ0v) is 17.3. The molecular weight excluding hydrogens is 390 g/mol. The molecule has 0 unspecified atom stereocenters. The van der Waals surface area contributed by atoms with Crippen molar-refractivity contribution >= 4 is 29.2 Å². The van der Waals surface area contributed by atoms with E-state index in [1.165, 1.54) is 6.08 Å². The highest BCUT2D eigenvalue weighted by molar-refractivity contribution is 6.41. The van der Waals surface area contributed by atoms with Crippen molar-refractivity contribution in [2.45, 2.75) is 13.8 Å². The zero-order chi connectivity index (χ0) is 22.0. The number of ketones is 2. The van der Waals surface area contributed by atoms with E-state index in [0.29, 0.717) is 28.1 Å². The third kappa shape index (κ3) is 4.16. The van der Waals surface area contributed by atoms with Crippen molar-refractivity contribution in [3.63, 3.8) is 0 Å². The Hall–Kier alpha value is -3.99. The Labute approximate surface area is 180 Å². The van der Waals surface area contributed by atoms with Gasteiger partial charge in [-0.1, -0.05) is 48.5 Å². The van der Waals surface area contributed by atoms with Gasteiger partial charge in [0.05, 0.1) is 5.57 Å². The number of benzene rings is 3. The minimum Gasteiger partial charge on any atom is -0.483 e. The Morgan fingerprint density at radius 2 is 1.52 bits per heavy atom. The fraction of sp³-hybridized carbons (Fsp3) is 0.115. The maximum absolute atomic E-state index is 12.6. The first-order valence-electron chi connectivity index (χ1n) is 9.93. The molecule has 0 saturated carbocycles. The van der Waals surface area contributed by atoms with Gasteiger partial charge in [-0.25, -0.2) is 0 Å². The first kappa shape index (κ1) is 20.3. The molecule has 1 aliphatic rings. The maximum atomic E-state index is 12.6. The van der Waals surface area contributed by atoms with Crippen molar-refractivity contribution in [3.05, 3.63) is 100 Å². The number of carbonyl (C=O) groups is 3. The fourth-order valence-electron chi connectivity index (χ4n) is 3.45. The Bertz CT molecular complexity index is 1200. The van der Waals surface area contributed by atoms with Crippen LogP contribution < -0.4 is 10.1 Å². The van der Waals surface area contributed by atoms with Crippen LogP contribution in [-0.4, -0.2) is 24.1 Å². The number of allylic oxidation sites excluding steroid dienone is 1. The molecule has 4 rings (SSSR count). The number of para-hydroxylation sites is 1. The van der Waals surface area contributed by atoms with Gasteiger partial charge in [-0.05, 0) is 49.2 Å². The lowest BCUT2D eigenvalue weighted by Gasteiger charge is -2.11. The van der Waals surface area contributed by atoms with E-state index >= 15 is 0 Å². The number of rotatable bonds is 5. The monoisotopic (exact) mass is 411 g/mol. The number of hydrogen-bond acceptors (Lipinski definition) is 4. The van der Waals surface area contributed by atoms with Crippen LogP contribution in [-0.2, 0) is 4.79 Å². The summed E-state index contributed by atoms with van der Waals surface area (Å²) in [6.45, 7) is 3.79. The number of Topliss-reactive ketones (excluding diaryl/α,β-unsaturated/α-hetero) is 2. The highest BCUT2D eigenvalue weighted by Crippen LogP contribution is 2.30. The predicted octanol–water partition coefficient (Wildman–Crippen LogP) is 4.78. The molecule has 31 heavy (non-hydrogen) atoms. The van der Waals surface area contributed by atoms with E-state index in [0.717, 1.165) is 11.1 Å². The van der Waals surface area contributed by atoms with Crippen LogP contribution in [0.15, 0.2) is 72.3 Å². The molecule has 3 aromatic rings. The molecule has 0 saturated heterocycles. The maximum Gasteiger partial charge on any atom is 0.262 e. The number of aryl methyl sites for hydroxylation is 2. The van der Waals surface area contributed by atoms with Crippen LogP contribution in [0.2, 0.25) is 0 Å². The van der Waals surface area contributed by atoms with Crippen LogP contribution >= 0.6 is 0 Å². The molecule has 5 heteroatoms. The average molecular weight is 411 g/mol. The summed E-state index contributed by atoms with van der Waals surface area (Å²) >= 11 is 0. The summed E-state index contributed by atoms with van der Waals surface area (Å²) < 4.78 is 5.70. The largest absolute Gasteiger partial charge is 0.483 e. The lowest BCUT2D eigenvalue weighted by molar-refractivity contribution is -0.118. The number of amides is 1. The SMILES string of the molecule is Cc1ccc(NC(=O)COc2ccccc2C=C2C(=O)c3ccccc3C2=O)cc1C. The summed E-state index contributed by atoms with van der Waals surface area (Å²) in [6.07, 6.45) is 1.53. The van der Waals surface area contributed by atoms with E-state index in [-0.39, 0.29) is 29.7 Å².